The van der Waals surface area contributed by atoms with E-state index >= 15 is 0 Å². The minimum atomic E-state index is -0.0832. The normalized spacial score (nSPS) is 16.7. The van der Waals surface area contributed by atoms with Gasteiger partial charge in [-0.2, -0.15) is 16.4 Å². The predicted octanol–water partition coefficient (Wildman–Crippen LogP) is 3.35. The number of carbonyl (C=O) groups is 1. The molecule has 6 nitrogen and oxygen atoms in total. The number of aromatic nitrogens is 3. The fraction of sp³-hybridized carbons (Fsp3) is 0.316. The molecular formula is C19H20N4O2S. The largest absolute Gasteiger partial charge is 0.376 e. The lowest BCUT2D eigenvalue weighted by atomic mass is 10.2. The molecule has 0 bridgehead atoms. The van der Waals surface area contributed by atoms with Gasteiger partial charge in [-0.05, 0) is 42.5 Å². The Morgan fingerprint density at radius 2 is 2.35 bits per heavy atom. The van der Waals surface area contributed by atoms with Crippen LogP contribution in [0.4, 0.5) is 0 Å². The predicted molar refractivity (Wildman–Crippen MR) is 99.9 cm³/mol. The van der Waals surface area contributed by atoms with Crippen molar-refractivity contribution in [3.63, 3.8) is 0 Å². The summed E-state index contributed by atoms with van der Waals surface area (Å²) in [5.74, 6) is -0.0832. The lowest BCUT2D eigenvalue weighted by molar-refractivity contribution is 0.0500. The van der Waals surface area contributed by atoms with Gasteiger partial charge in [-0.15, -0.1) is 0 Å². The van der Waals surface area contributed by atoms with Crippen LogP contribution in [0, 0.1) is 0 Å². The number of nitrogens with one attached hydrogen (secondary N) is 1. The Bertz CT molecular complexity index is 842. The summed E-state index contributed by atoms with van der Waals surface area (Å²) in [6, 6.07) is 9.54. The molecule has 4 heterocycles. The summed E-state index contributed by atoms with van der Waals surface area (Å²) in [4.78, 5) is 19.2. The highest BCUT2D eigenvalue weighted by Crippen LogP contribution is 2.22. The lowest BCUT2D eigenvalue weighted by Gasteiger charge is -2.24. The number of rotatable bonds is 6. The highest BCUT2D eigenvalue weighted by molar-refractivity contribution is 7.08. The Morgan fingerprint density at radius 1 is 1.38 bits per heavy atom. The van der Waals surface area contributed by atoms with Crippen molar-refractivity contribution in [1.29, 1.82) is 0 Å². The van der Waals surface area contributed by atoms with Gasteiger partial charge >= 0.3 is 0 Å². The minimum Gasteiger partial charge on any atom is -0.376 e. The van der Waals surface area contributed by atoms with Gasteiger partial charge in [0.1, 0.15) is 5.69 Å². The van der Waals surface area contributed by atoms with E-state index < -0.39 is 0 Å². The average molecular weight is 368 g/mol. The molecule has 134 valence electrons. The van der Waals surface area contributed by atoms with Crippen LogP contribution in [-0.4, -0.2) is 45.2 Å². The topological polar surface area (TPSA) is 71.1 Å². The number of amides is 1. The van der Waals surface area contributed by atoms with E-state index in [1.165, 1.54) is 0 Å². The maximum absolute atomic E-state index is 13.1. The molecule has 1 saturated heterocycles. The fourth-order valence-corrected chi connectivity index (χ4v) is 3.75. The highest BCUT2D eigenvalue weighted by atomic mass is 32.1. The number of pyridine rings is 1. The van der Waals surface area contributed by atoms with Crippen LogP contribution in [0.15, 0.2) is 47.3 Å². The van der Waals surface area contributed by atoms with Gasteiger partial charge in [0, 0.05) is 30.3 Å². The van der Waals surface area contributed by atoms with Crippen molar-refractivity contribution < 1.29 is 9.53 Å². The molecule has 3 aromatic heterocycles. The van der Waals surface area contributed by atoms with Crippen LogP contribution >= 0.6 is 11.3 Å². The SMILES string of the molecule is O=C(c1cc(-c2ccsc2)n[nH]1)N(Cc1ccccn1)CC1CCCO1. The molecule has 26 heavy (non-hydrogen) atoms. The van der Waals surface area contributed by atoms with Crippen molar-refractivity contribution in [2.24, 2.45) is 0 Å². The van der Waals surface area contributed by atoms with E-state index in [1.807, 2.05) is 41.1 Å². The molecule has 0 radical (unpaired) electrons. The number of carbonyl (C=O) groups excluding carboxylic acids is 1. The van der Waals surface area contributed by atoms with E-state index in [9.17, 15) is 4.79 Å². The summed E-state index contributed by atoms with van der Waals surface area (Å²) in [6.45, 7) is 1.77. The molecule has 1 unspecified atom stereocenters. The average Bonchev–Trinajstić information content (AvgIpc) is 3.42. The van der Waals surface area contributed by atoms with Crippen LogP contribution in [0.1, 0.15) is 29.0 Å². The van der Waals surface area contributed by atoms with Gasteiger partial charge in [0.25, 0.3) is 5.91 Å². The van der Waals surface area contributed by atoms with Crippen LogP contribution in [0.25, 0.3) is 11.3 Å². The minimum absolute atomic E-state index is 0.0832. The molecule has 1 aliphatic heterocycles. The first-order chi connectivity index (χ1) is 12.8. The number of aromatic amines is 1. The number of thiophene rings is 1. The van der Waals surface area contributed by atoms with Crippen molar-refractivity contribution in [2.45, 2.75) is 25.5 Å². The molecule has 1 amide bonds. The summed E-state index contributed by atoms with van der Waals surface area (Å²) >= 11 is 1.61. The molecule has 1 atom stereocenters. The zero-order chi connectivity index (χ0) is 17.8. The summed E-state index contributed by atoms with van der Waals surface area (Å²) in [6.07, 6.45) is 3.86. The van der Waals surface area contributed by atoms with Crippen LogP contribution in [0.2, 0.25) is 0 Å². The molecule has 4 rings (SSSR count). The second-order valence-electron chi connectivity index (χ2n) is 6.32. The van der Waals surface area contributed by atoms with Crippen LogP contribution in [0.5, 0.6) is 0 Å². The van der Waals surface area contributed by atoms with E-state index in [0.29, 0.717) is 18.8 Å². The number of ether oxygens (including phenoxy) is 1. The zero-order valence-electron chi connectivity index (χ0n) is 14.3. The maximum atomic E-state index is 13.1. The molecule has 1 N–H and O–H groups in total. The van der Waals surface area contributed by atoms with Gasteiger partial charge < -0.3 is 9.64 Å². The van der Waals surface area contributed by atoms with Gasteiger partial charge in [-0.1, -0.05) is 6.07 Å². The second-order valence-corrected chi connectivity index (χ2v) is 7.10. The summed E-state index contributed by atoms with van der Waals surface area (Å²) < 4.78 is 5.73. The Balaban J connectivity index is 1.54. The molecule has 0 spiro atoms. The third-order valence-corrected chi connectivity index (χ3v) is 5.12. The van der Waals surface area contributed by atoms with Crippen molar-refractivity contribution in [3.8, 4) is 11.3 Å². The monoisotopic (exact) mass is 368 g/mol. The Morgan fingerprint density at radius 3 is 3.08 bits per heavy atom. The molecule has 3 aromatic rings. The van der Waals surface area contributed by atoms with Gasteiger partial charge in [0.2, 0.25) is 0 Å². The molecule has 7 heteroatoms. The highest BCUT2D eigenvalue weighted by Gasteiger charge is 2.25. The van der Waals surface area contributed by atoms with E-state index in [1.54, 1.807) is 22.4 Å². The summed E-state index contributed by atoms with van der Waals surface area (Å²) in [5.41, 5.74) is 3.14. The van der Waals surface area contributed by atoms with E-state index in [-0.39, 0.29) is 12.0 Å². The number of nitrogens with zero attached hydrogens (tertiary/aromatic N) is 3. The maximum Gasteiger partial charge on any atom is 0.272 e. The fourth-order valence-electron chi connectivity index (χ4n) is 3.10. The number of hydrogen-bond donors (Lipinski definition) is 1. The molecule has 0 saturated carbocycles. The first kappa shape index (κ1) is 16.9. The van der Waals surface area contributed by atoms with E-state index in [4.69, 9.17) is 4.74 Å². The molecule has 0 aromatic carbocycles. The Kier molecular flexibility index (Phi) is 5.08. The van der Waals surface area contributed by atoms with Gasteiger partial charge in [0.15, 0.2) is 0 Å². The van der Waals surface area contributed by atoms with Crippen molar-refractivity contribution in [2.75, 3.05) is 13.2 Å². The molecule has 1 aliphatic rings. The molecular weight excluding hydrogens is 348 g/mol. The van der Waals surface area contributed by atoms with E-state index in [2.05, 4.69) is 15.2 Å². The standard InChI is InChI=1S/C19H20N4O2S/c24-19(18-10-17(21-22-18)14-6-9-26-13-14)23(12-16-5-3-8-25-16)11-15-4-1-2-7-20-15/h1-2,4,6-7,9-10,13,16H,3,5,8,11-12H2,(H,21,22). The zero-order valence-corrected chi connectivity index (χ0v) is 15.1. The van der Waals surface area contributed by atoms with Gasteiger partial charge in [-0.3, -0.25) is 14.9 Å². The quantitative estimate of drug-likeness (QED) is 0.724. The summed E-state index contributed by atoms with van der Waals surface area (Å²) in [5, 5.41) is 11.2. The second kappa shape index (κ2) is 7.80. The van der Waals surface area contributed by atoms with Crippen molar-refractivity contribution in [1.82, 2.24) is 20.1 Å². The third kappa shape index (κ3) is 3.84. The molecule has 1 fully saturated rings. The van der Waals surface area contributed by atoms with E-state index in [0.717, 1.165) is 36.4 Å². The summed E-state index contributed by atoms with van der Waals surface area (Å²) in [7, 11) is 0. The van der Waals surface area contributed by atoms with Crippen LogP contribution in [-0.2, 0) is 11.3 Å². The third-order valence-electron chi connectivity index (χ3n) is 4.44. The number of H-pyrrole nitrogens is 1. The molecule has 0 aliphatic carbocycles. The van der Waals surface area contributed by atoms with Crippen molar-refractivity contribution >= 4 is 17.2 Å². The van der Waals surface area contributed by atoms with Crippen LogP contribution < -0.4 is 0 Å². The van der Waals surface area contributed by atoms with Gasteiger partial charge in [-0.25, -0.2) is 0 Å². The lowest BCUT2D eigenvalue weighted by Crippen LogP contribution is -2.37. The van der Waals surface area contributed by atoms with Crippen LogP contribution in [0.3, 0.4) is 0 Å². The number of hydrogen-bond acceptors (Lipinski definition) is 5. The first-order valence-corrected chi connectivity index (χ1v) is 9.62. The first-order valence-electron chi connectivity index (χ1n) is 8.68. The van der Waals surface area contributed by atoms with Crippen molar-refractivity contribution in [3.05, 3.63) is 58.7 Å². The van der Waals surface area contributed by atoms with Gasteiger partial charge in [0.05, 0.1) is 24.0 Å². The Labute approximate surface area is 155 Å². The smallest absolute Gasteiger partial charge is 0.272 e. The Hall–Kier alpha value is -2.51.